The molecule has 0 amide bonds. The zero-order valence-electron chi connectivity index (χ0n) is 10.5. The lowest BCUT2D eigenvalue weighted by molar-refractivity contribution is 0.191. The summed E-state index contributed by atoms with van der Waals surface area (Å²) in [5, 5.41) is 13.2. The smallest absolute Gasteiger partial charge is 0.123 e. The van der Waals surface area contributed by atoms with E-state index in [2.05, 4.69) is 21.2 Å². The SMILES string of the molecule is Cc1cc(Br)ccc1NCC(O)c1ccc(F)cc1. The monoisotopic (exact) mass is 323 g/mol. The first-order chi connectivity index (χ1) is 9.06. The van der Waals surface area contributed by atoms with E-state index in [1.165, 1.54) is 12.1 Å². The molecule has 19 heavy (non-hydrogen) atoms. The fraction of sp³-hybridized carbons (Fsp3) is 0.200. The first-order valence-electron chi connectivity index (χ1n) is 6.00. The van der Waals surface area contributed by atoms with Gasteiger partial charge in [0, 0.05) is 16.7 Å². The first-order valence-corrected chi connectivity index (χ1v) is 6.79. The van der Waals surface area contributed by atoms with Crippen LogP contribution in [0.2, 0.25) is 0 Å². The van der Waals surface area contributed by atoms with Crippen molar-refractivity contribution in [2.24, 2.45) is 0 Å². The Balaban J connectivity index is 2.00. The van der Waals surface area contributed by atoms with E-state index in [0.29, 0.717) is 12.1 Å². The minimum atomic E-state index is -0.663. The van der Waals surface area contributed by atoms with Crippen LogP contribution in [-0.2, 0) is 0 Å². The van der Waals surface area contributed by atoms with Crippen molar-refractivity contribution in [3.05, 3.63) is 63.9 Å². The van der Waals surface area contributed by atoms with Crippen LogP contribution in [0.1, 0.15) is 17.2 Å². The second-order valence-electron chi connectivity index (χ2n) is 4.41. The summed E-state index contributed by atoms with van der Waals surface area (Å²) in [6, 6.07) is 11.8. The van der Waals surface area contributed by atoms with E-state index in [9.17, 15) is 9.50 Å². The number of nitrogens with one attached hydrogen (secondary N) is 1. The summed E-state index contributed by atoms with van der Waals surface area (Å²) in [4.78, 5) is 0. The van der Waals surface area contributed by atoms with Crippen LogP contribution in [0.4, 0.5) is 10.1 Å². The number of anilines is 1. The average Bonchev–Trinajstić information content (AvgIpc) is 2.38. The Morgan fingerprint density at radius 1 is 1.21 bits per heavy atom. The molecule has 0 saturated carbocycles. The molecule has 0 bridgehead atoms. The molecular formula is C15H15BrFNO. The molecule has 0 aliphatic heterocycles. The number of hydrogen-bond donors (Lipinski definition) is 2. The molecule has 0 aromatic heterocycles. The topological polar surface area (TPSA) is 32.3 Å². The maximum atomic E-state index is 12.8. The Bertz CT molecular complexity index is 557. The third-order valence-electron chi connectivity index (χ3n) is 2.93. The lowest BCUT2D eigenvalue weighted by atomic mass is 10.1. The minimum absolute atomic E-state index is 0.298. The third-order valence-corrected chi connectivity index (χ3v) is 3.42. The number of aryl methyl sites for hydroxylation is 1. The highest BCUT2D eigenvalue weighted by Gasteiger charge is 2.08. The molecule has 0 aliphatic carbocycles. The lowest BCUT2D eigenvalue weighted by Gasteiger charge is -2.15. The highest BCUT2D eigenvalue weighted by atomic mass is 79.9. The maximum Gasteiger partial charge on any atom is 0.123 e. The fourth-order valence-corrected chi connectivity index (χ4v) is 2.31. The Morgan fingerprint density at radius 3 is 2.53 bits per heavy atom. The molecule has 0 radical (unpaired) electrons. The van der Waals surface area contributed by atoms with Gasteiger partial charge < -0.3 is 10.4 Å². The van der Waals surface area contributed by atoms with Crippen molar-refractivity contribution < 1.29 is 9.50 Å². The molecule has 0 heterocycles. The van der Waals surface area contributed by atoms with Crippen molar-refractivity contribution >= 4 is 21.6 Å². The molecule has 0 aliphatic rings. The van der Waals surface area contributed by atoms with Crippen molar-refractivity contribution in [1.82, 2.24) is 0 Å². The van der Waals surface area contributed by atoms with Gasteiger partial charge in [-0.2, -0.15) is 0 Å². The van der Waals surface area contributed by atoms with E-state index in [4.69, 9.17) is 0 Å². The van der Waals surface area contributed by atoms with Gasteiger partial charge in [-0.3, -0.25) is 0 Å². The van der Waals surface area contributed by atoms with Gasteiger partial charge in [0.05, 0.1) is 6.10 Å². The second-order valence-corrected chi connectivity index (χ2v) is 5.32. The van der Waals surface area contributed by atoms with Crippen LogP contribution in [0.15, 0.2) is 46.9 Å². The summed E-state index contributed by atoms with van der Waals surface area (Å²) in [5.41, 5.74) is 2.77. The number of halogens is 2. The summed E-state index contributed by atoms with van der Waals surface area (Å²) < 4.78 is 13.8. The first kappa shape index (κ1) is 14.0. The Hall–Kier alpha value is -1.39. The van der Waals surface area contributed by atoms with Gasteiger partial charge in [-0.1, -0.05) is 28.1 Å². The molecule has 2 rings (SSSR count). The van der Waals surface area contributed by atoms with Crippen LogP contribution in [0, 0.1) is 12.7 Å². The van der Waals surface area contributed by atoms with Crippen LogP contribution in [0.5, 0.6) is 0 Å². The van der Waals surface area contributed by atoms with E-state index >= 15 is 0 Å². The van der Waals surface area contributed by atoms with Gasteiger partial charge in [0.25, 0.3) is 0 Å². The summed E-state index contributed by atoms with van der Waals surface area (Å²) in [7, 11) is 0. The van der Waals surface area contributed by atoms with Gasteiger partial charge in [-0.05, 0) is 48.4 Å². The second kappa shape index (κ2) is 6.17. The molecule has 2 aromatic carbocycles. The van der Waals surface area contributed by atoms with Crippen molar-refractivity contribution in [2.75, 3.05) is 11.9 Å². The van der Waals surface area contributed by atoms with E-state index in [1.807, 2.05) is 25.1 Å². The molecule has 2 aromatic rings. The summed E-state index contributed by atoms with van der Waals surface area (Å²) in [6.45, 7) is 2.38. The van der Waals surface area contributed by atoms with Gasteiger partial charge in [-0.15, -0.1) is 0 Å². The Morgan fingerprint density at radius 2 is 1.89 bits per heavy atom. The molecule has 0 saturated heterocycles. The normalized spacial score (nSPS) is 12.2. The van der Waals surface area contributed by atoms with Crippen molar-refractivity contribution in [2.45, 2.75) is 13.0 Å². The van der Waals surface area contributed by atoms with Gasteiger partial charge in [0.15, 0.2) is 0 Å². The standard InChI is InChI=1S/C15H15BrFNO/c1-10-8-12(16)4-7-14(10)18-9-15(19)11-2-5-13(17)6-3-11/h2-8,15,18-19H,9H2,1H3. The fourth-order valence-electron chi connectivity index (χ4n) is 1.83. The number of aliphatic hydroxyl groups is 1. The van der Waals surface area contributed by atoms with Gasteiger partial charge in [-0.25, -0.2) is 4.39 Å². The van der Waals surface area contributed by atoms with E-state index in [0.717, 1.165) is 15.7 Å². The number of benzene rings is 2. The molecular weight excluding hydrogens is 309 g/mol. The molecule has 2 nitrogen and oxygen atoms in total. The quantitative estimate of drug-likeness (QED) is 0.889. The molecule has 1 atom stereocenters. The average molecular weight is 324 g/mol. The molecule has 0 fully saturated rings. The largest absolute Gasteiger partial charge is 0.387 e. The van der Waals surface area contributed by atoms with Crippen molar-refractivity contribution in [3.8, 4) is 0 Å². The minimum Gasteiger partial charge on any atom is -0.387 e. The van der Waals surface area contributed by atoms with Crippen molar-refractivity contribution in [1.29, 1.82) is 0 Å². The summed E-state index contributed by atoms with van der Waals surface area (Å²) in [6.07, 6.45) is -0.663. The van der Waals surface area contributed by atoms with Crippen LogP contribution in [-0.4, -0.2) is 11.7 Å². The van der Waals surface area contributed by atoms with Crippen LogP contribution in [0.25, 0.3) is 0 Å². The highest BCUT2D eigenvalue weighted by molar-refractivity contribution is 9.10. The van der Waals surface area contributed by atoms with Crippen LogP contribution in [0.3, 0.4) is 0 Å². The van der Waals surface area contributed by atoms with E-state index in [-0.39, 0.29) is 5.82 Å². The Kier molecular flexibility index (Phi) is 4.56. The van der Waals surface area contributed by atoms with Crippen LogP contribution >= 0.6 is 15.9 Å². The molecule has 1 unspecified atom stereocenters. The maximum absolute atomic E-state index is 12.8. The third kappa shape index (κ3) is 3.78. The molecule has 100 valence electrons. The Labute approximate surface area is 120 Å². The predicted molar refractivity (Wildman–Crippen MR) is 78.7 cm³/mol. The number of rotatable bonds is 4. The molecule has 2 N–H and O–H groups in total. The molecule has 4 heteroatoms. The predicted octanol–water partition coefficient (Wildman–Crippen LogP) is 4.04. The number of hydrogen-bond acceptors (Lipinski definition) is 2. The summed E-state index contributed by atoms with van der Waals surface area (Å²) in [5.74, 6) is -0.298. The molecule has 0 spiro atoms. The van der Waals surface area contributed by atoms with Crippen molar-refractivity contribution in [3.63, 3.8) is 0 Å². The number of aliphatic hydroxyl groups excluding tert-OH is 1. The van der Waals surface area contributed by atoms with E-state index < -0.39 is 6.10 Å². The van der Waals surface area contributed by atoms with Gasteiger partial charge in [0.2, 0.25) is 0 Å². The zero-order chi connectivity index (χ0) is 13.8. The highest BCUT2D eigenvalue weighted by Crippen LogP contribution is 2.21. The van der Waals surface area contributed by atoms with Crippen LogP contribution < -0.4 is 5.32 Å². The lowest BCUT2D eigenvalue weighted by Crippen LogP contribution is -2.12. The zero-order valence-corrected chi connectivity index (χ0v) is 12.1. The van der Waals surface area contributed by atoms with Gasteiger partial charge >= 0.3 is 0 Å². The van der Waals surface area contributed by atoms with E-state index in [1.54, 1.807) is 12.1 Å². The summed E-state index contributed by atoms with van der Waals surface area (Å²) >= 11 is 3.41. The van der Waals surface area contributed by atoms with Gasteiger partial charge in [0.1, 0.15) is 5.82 Å².